The molecule has 0 bridgehead atoms. The van der Waals surface area contributed by atoms with Crippen LogP contribution in [-0.4, -0.2) is 56.7 Å². The molecule has 2 fully saturated rings. The lowest BCUT2D eigenvalue weighted by molar-refractivity contribution is -0.109. The van der Waals surface area contributed by atoms with Crippen molar-refractivity contribution in [2.24, 2.45) is 0 Å². The largest absolute Gasteiger partial charge is 0.490 e. The third kappa shape index (κ3) is 13.1. The molecule has 252 valence electrons. The van der Waals surface area contributed by atoms with Gasteiger partial charge in [0.05, 0.1) is 5.69 Å². The number of hydrogen-bond acceptors (Lipinski definition) is 5. The summed E-state index contributed by atoms with van der Waals surface area (Å²) in [4.78, 5) is 13.1. The van der Waals surface area contributed by atoms with Crippen molar-refractivity contribution in [3.05, 3.63) is 83.5 Å². The summed E-state index contributed by atoms with van der Waals surface area (Å²) in [6, 6.07) is 15.7. The van der Waals surface area contributed by atoms with Crippen molar-refractivity contribution >= 4 is 23.9 Å². The Morgan fingerprint density at radius 2 is 1.67 bits per heavy atom. The lowest BCUT2D eigenvalue weighted by atomic mass is 9.90. The summed E-state index contributed by atoms with van der Waals surface area (Å²) in [6.07, 6.45) is 25.6. The molecule has 4 rings (SSSR count). The average Bonchev–Trinajstić information content (AvgIpc) is 3.05. The lowest BCUT2D eigenvalue weighted by Gasteiger charge is -2.41. The van der Waals surface area contributed by atoms with Crippen LogP contribution in [0, 0.1) is 6.92 Å². The van der Waals surface area contributed by atoms with Gasteiger partial charge >= 0.3 is 0 Å². The van der Waals surface area contributed by atoms with Crippen molar-refractivity contribution < 1.29 is 9.53 Å². The molecule has 1 aliphatic carbocycles. The number of carbonyl (C=O) groups is 1. The van der Waals surface area contributed by atoms with E-state index in [4.69, 9.17) is 4.74 Å². The van der Waals surface area contributed by atoms with Crippen molar-refractivity contribution in [3.8, 4) is 5.75 Å². The van der Waals surface area contributed by atoms with Gasteiger partial charge in [-0.15, -0.1) is 0 Å². The fourth-order valence-electron chi connectivity index (χ4n) is 5.84. The number of ether oxygens (including phenoxy) is 1. The van der Waals surface area contributed by atoms with E-state index in [1.165, 1.54) is 70.0 Å². The molecule has 1 saturated heterocycles. The van der Waals surface area contributed by atoms with E-state index in [0.29, 0.717) is 19.2 Å². The summed E-state index contributed by atoms with van der Waals surface area (Å²) in [7, 11) is 1.96. The van der Waals surface area contributed by atoms with Crippen LogP contribution in [0.5, 0.6) is 5.75 Å². The zero-order valence-corrected chi connectivity index (χ0v) is 29.0. The Hall–Kier alpha value is -3.51. The molecule has 2 aromatic carbocycles. The number of nitrogens with one attached hydrogen (secondary N) is 3. The molecular formula is C40H60N4O2. The fraction of sp³-hybridized carbons (Fsp3) is 0.525. The highest BCUT2D eigenvalue weighted by molar-refractivity contribution is 5.82. The molecule has 6 nitrogen and oxygen atoms in total. The number of nitrogens with zero attached hydrogens (tertiary/aromatic N) is 1. The first kappa shape index (κ1) is 37.0. The van der Waals surface area contributed by atoms with Gasteiger partial charge in [0.25, 0.3) is 0 Å². The molecule has 1 amide bonds. The number of likely N-dealkylation sites (tertiary alicyclic amines) is 1. The van der Waals surface area contributed by atoms with Gasteiger partial charge in [0.15, 0.2) is 0 Å². The van der Waals surface area contributed by atoms with Crippen LogP contribution in [0.4, 0.5) is 5.69 Å². The smallest absolute Gasteiger partial charge is 0.207 e. The van der Waals surface area contributed by atoms with Gasteiger partial charge in [0.2, 0.25) is 6.41 Å². The van der Waals surface area contributed by atoms with E-state index in [1.807, 2.05) is 7.05 Å². The van der Waals surface area contributed by atoms with Crippen molar-refractivity contribution in [3.63, 3.8) is 0 Å². The Morgan fingerprint density at radius 3 is 2.33 bits per heavy atom. The van der Waals surface area contributed by atoms with Gasteiger partial charge in [-0.1, -0.05) is 106 Å². The molecule has 46 heavy (non-hydrogen) atoms. The molecule has 1 heterocycles. The summed E-state index contributed by atoms with van der Waals surface area (Å²) in [5, 5.41) is 9.56. The first-order valence-corrected chi connectivity index (χ1v) is 17.8. The van der Waals surface area contributed by atoms with Gasteiger partial charge in [-0.05, 0) is 69.6 Å². The molecule has 2 aliphatic rings. The fourth-order valence-corrected chi connectivity index (χ4v) is 5.84. The molecule has 6 heteroatoms. The van der Waals surface area contributed by atoms with Crippen LogP contribution in [-0.2, 0) is 4.79 Å². The first-order valence-electron chi connectivity index (χ1n) is 17.8. The van der Waals surface area contributed by atoms with Crippen molar-refractivity contribution in [2.45, 2.75) is 104 Å². The summed E-state index contributed by atoms with van der Waals surface area (Å²) in [5.41, 5.74) is 5.83. The van der Waals surface area contributed by atoms with Crippen LogP contribution in [0.3, 0.4) is 0 Å². The zero-order chi connectivity index (χ0) is 32.8. The molecule has 3 N–H and O–H groups in total. The van der Waals surface area contributed by atoms with Gasteiger partial charge in [0.1, 0.15) is 11.9 Å². The maximum Gasteiger partial charge on any atom is 0.207 e. The Kier molecular flexibility index (Phi) is 17.7. The summed E-state index contributed by atoms with van der Waals surface area (Å²) < 4.78 is 6.06. The minimum Gasteiger partial charge on any atom is -0.490 e. The number of anilines is 1. The summed E-state index contributed by atoms with van der Waals surface area (Å²) in [5.74, 6) is 1.03. The molecule has 2 aromatic rings. The number of allylic oxidation sites excluding steroid dienone is 4. The Bertz CT molecular complexity index is 1210. The second-order valence-corrected chi connectivity index (χ2v) is 12.5. The van der Waals surface area contributed by atoms with Gasteiger partial charge in [-0.25, -0.2) is 0 Å². The van der Waals surface area contributed by atoms with Crippen LogP contribution in [0.1, 0.15) is 101 Å². The van der Waals surface area contributed by atoms with Crippen LogP contribution < -0.4 is 20.7 Å². The monoisotopic (exact) mass is 628 g/mol. The van der Waals surface area contributed by atoms with Crippen LogP contribution in [0.2, 0.25) is 0 Å². The minimum atomic E-state index is 0.420. The van der Waals surface area contributed by atoms with E-state index < -0.39 is 0 Å². The second-order valence-electron chi connectivity index (χ2n) is 12.5. The van der Waals surface area contributed by atoms with E-state index >= 15 is 0 Å². The topological polar surface area (TPSA) is 65.6 Å². The number of para-hydroxylation sites is 1. The predicted molar refractivity (Wildman–Crippen MR) is 197 cm³/mol. The first-order chi connectivity index (χ1) is 22.6. The van der Waals surface area contributed by atoms with E-state index in [2.05, 4.69) is 114 Å². The maximum atomic E-state index is 10.5. The Morgan fingerprint density at radius 1 is 0.935 bits per heavy atom. The van der Waals surface area contributed by atoms with Crippen molar-refractivity contribution in [1.82, 2.24) is 15.5 Å². The number of hydrogen-bond donors (Lipinski definition) is 3. The summed E-state index contributed by atoms with van der Waals surface area (Å²) >= 11 is 0. The zero-order valence-electron chi connectivity index (χ0n) is 29.0. The quantitative estimate of drug-likeness (QED) is 0.0875. The standard InChI is InChI=1S/C24H37N3O.C16H23NO/c1-4-6-8-9-10-12-14-21-15-13-16-22(24(21)25-3)23(17-11-7-5-2)27-19-18-26-20-28;1-13-5-7-15(8-6-13)18-16-9-11-17(12-10-16)14-3-2-4-14/h9-10,12-17,20,25,27H,4-8,11,18-19H2,1-3H3,(H,26,28);5-8,14,16H,2-4,9-12H2,1H3/b10-9+,14-12-,23-17+;. The lowest BCUT2D eigenvalue weighted by Crippen LogP contribution is -2.46. The number of unbranched alkanes of at least 4 members (excludes halogenated alkanes) is 4. The highest BCUT2D eigenvalue weighted by atomic mass is 16.5. The van der Waals surface area contributed by atoms with E-state index in [1.54, 1.807) is 0 Å². The number of amides is 1. The van der Waals surface area contributed by atoms with Crippen LogP contribution in [0.15, 0.2) is 66.8 Å². The Balaban J connectivity index is 0.000000272. The third-order valence-corrected chi connectivity index (χ3v) is 8.85. The SMILES string of the molecule is CCCC/C=C/C=C\c1cccc(/C(=C\CCCC)NCCNC=O)c1NC.Cc1ccc(OC2CCN(C3CCC3)CC2)cc1. The van der Waals surface area contributed by atoms with Gasteiger partial charge < -0.3 is 25.6 Å². The highest BCUT2D eigenvalue weighted by Gasteiger charge is 2.29. The molecule has 0 atom stereocenters. The highest BCUT2D eigenvalue weighted by Crippen LogP contribution is 2.29. The van der Waals surface area contributed by atoms with Crippen LogP contribution >= 0.6 is 0 Å². The molecule has 0 unspecified atom stereocenters. The molecular weight excluding hydrogens is 568 g/mol. The van der Waals surface area contributed by atoms with E-state index in [9.17, 15) is 4.79 Å². The average molecular weight is 629 g/mol. The molecule has 0 spiro atoms. The van der Waals surface area contributed by atoms with Crippen molar-refractivity contribution in [2.75, 3.05) is 38.5 Å². The third-order valence-electron chi connectivity index (χ3n) is 8.85. The number of rotatable bonds is 18. The molecule has 1 aliphatic heterocycles. The van der Waals surface area contributed by atoms with E-state index in [0.717, 1.165) is 60.0 Å². The molecule has 1 saturated carbocycles. The van der Waals surface area contributed by atoms with Gasteiger partial charge in [0, 0.05) is 50.5 Å². The number of aryl methyl sites for hydroxylation is 1. The van der Waals surface area contributed by atoms with Gasteiger partial charge in [-0.3, -0.25) is 4.79 Å². The molecule has 0 radical (unpaired) electrons. The Labute approximate surface area is 279 Å². The molecule has 0 aromatic heterocycles. The van der Waals surface area contributed by atoms with Crippen molar-refractivity contribution in [1.29, 1.82) is 0 Å². The number of piperidine rings is 1. The van der Waals surface area contributed by atoms with Gasteiger partial charge in [-0.2, -0.15) is 0 Å². The minimum absolute atomic E-state index is 0.420. The maximum absolute atomic E-state index is 10.5. The second kappa shape index (κ2) is 22.1. The number of benzene rings is 2. The predicted octanol–water partition coefficient (Wildman–Crippen LogP) is 8.75. The summed E-state index contributed by atoms with van der Waals surface area (Å²) in [6.45, 7) is 10.3. The normalized spacial score (nSPS) is 16.1. The van der Waals surface area contributed by atoms with Crippen LogP contribution in [0.25, 0.3) is 11.8 Å². The number of carbonyl (C=O) groups excluding carboxylic acids is 1. The van der Waals surface area contributed by atoms with E-state index in [-0.39, 0.29) is 0 Å².